The van der Waals surface area contributed by atoms with E-state index < -0.39 is 4.92 Å². The second-order valence-corrected chi connectivity index (χ2v) is 8.21. The number of carbonyl (C=O) groups is 2. The fourth-order valence-corrected chi connectivity index (χ4v) is 4.12. The summed E-state index contributed by atoms with van der Waals surface area (Å²) in [7, 11) is 0. The molecule has 3 aromatic rings. The molecule has 1 aromatic heterocycles. The van der Waals surface area contributed by atoms with Crippen LogP contribution in [0.1, 0.15) is 22.5 Å². The molecule has 1 fully saturated rings. The van der Waals surface area contributed by atoms with Gasteiger partial charge in [-0.1, -0.05) is 42.0 Å². The number of carbonyl (C=O) groups excluding carboxylic acids is 2. The number of thioether (sulfide) groups is 1. The first-order valence-corrected chi connectivity index (χ1v) is 10.3. The molecule has 31 heavy (non-hydrogen) atoms. The normalized spacial score (nSPS) is 15.2. The molecule has 1 aliphatic rings. The summed E-state index contributed by atoms with van der Waals surface area (Å²) in [4.78, 5) is 37.3. The van der Waals surface area contributed by atoms with E-state index in [1.165, 1.54) is 17.0 Å². The van der Waals surface area contributed by atoms with Crippen molar-refractivity contribution in [3.8, 4) is 11.3 Å². The predicted octanol–water partition coefficient (Wildman–Crippen LogP) is 5.71. The zero-order chi connectivity index (χ0) is 22.1. The SMILES string of the molecule is Cc1cccc(CN2C(=O)S/C(=C/c3ccc(-c4ccc(C)c([N+](=O)[O-])c4)o3)C2=O)c1. The first-order chi connectivity index (χ1) is 14.8. The summed E-state index contributed by atoms with van der Waals surface area (Å²) in [6.45, 7) is 3.83. The maximum Gasteiger partial charge on any atom is 0.293 e. The number of rotatable bonds is 5. The van der Waals surface area contributed by atoms with E-state index in [9.17, 15) is 19.7 Å². The van der Waals surface area contributed by atoms with Gasteiger partial charge < -0.3 is 4.42 Å². The number of amides is 2. The molecule has 8 heteroatoms. The Labute approximate surface area is 182 Å². The monoisotopic (exact) mass is 434 g/mol. The van der Waals surface area contributed by atoms with Gasteiger partial charge in [0.2, 0.25) is 0 Å². The predicted molar refractivity (Wildman–Crippen MR) is 118 cm³/mol. The highest BCUT2D eigenvalue weighted by molar-refractivity contribution is 8.18. The van der Waals surface area contributed by atoms with Crippen LogP contribution in [0.3, 0.4) is 0 Å². The molecular weight excluding hydrogens is 416 g/mol. The fraction of sp³-hybridized carbons (Fsp3) is 0.130. The van der Waals surface area contributed by atoms with Crippen LogP contribution < -0.4 is 0 Å². The Morgan fingerprint density at radius 1 is 1.10 bits per heavy atom. The number of nitro benzene ring substituents is 1. The molecule has 2 amide bonds. The molecular formula is C23H18N2O5S. The third kappa shape index (κ3) is 4.29. The summed E-state index contributed by atoms with van der Waals surface area (Å²) in [5.74, 6) is 0.452. The Morgan fingerprint density at radius 2 is 1.90 bits per heavy atom. The van der Waals surface area contributed by atoms with Crippen molar-refractivity contribution >= 4 is 34.7 Å². The molecule has 0 aliphatic carbocycles. The van der Waals surface area contributed by atoms with Crippen LogP contribution in [0.4, 0.5) is 10.5 Å². The van der Waals surface area contributed by atoms with Gasteiger partial charge in [-0.3, -0.25) is 24.6 Å². The van der Waals surface area contributed by atoms with Crippen molar-refractivity contribution in [2.24, 2.45) is 0 Å². The van der Waals surface area contributed by atoms with Gasteiger partial charge in [0.05, 0.1) is 16.4 Å². The lowest BCUT2D eigenvalue weighted by molar-refractivity contribution is -0.385. The van der Waals surface area contributed by atoms with Gasteiger partial charge in [0.1, 0.15) is 11.5 Å². The molecule has 0 atom stereocenters. The number of nitrogens with zero attached hydrogens (tertiary/aromatic N) is 2. The van der Waals surface area contributed by atoms with E-state index >= 15 is 0 Å². The highest BCUT2D eigenvalue weighted by Crippen LogP contribution is 2.35. The second kappa shape index (κ2) is 8.23. The standard InChI is InChI=1S/C23H18N2O5S/c1-14-4-3-5-16(10-14)13-24-22(26)21(31-23(24)27)12-18-8-9-20(30-18)17-7-6-15(2)19(11-17)25(28)29/h3-12H,13H2,1-2H3/b21-12+. The Bertz CT molecular complexity index is 1240. The Hall–Kier alpha value is -3.65. The lowest BCUT2D eigenvalue weighted by Crippen LogP contribution is -2.27. The van der Waals surface area contributed by atoms with E-state index in [4.69, 9.17) is 4.42 Å². The van der Waals surface area contributed by atoms with Crippen LogP contribution in [0.15, 0.2) is 63.9 Å². The van der Waals surface area contributed by atoms with Crippen LogP contribution in [0.25, 0.3) is 17.4 Å². The van der Waals surface area contributed by atoms with Crippen LogP contribution in [0, 0.1) is 24.0 Å². The van der Waals surface area contributed by atoms with Gasteiger partial charge in [-0.15, -0.1) is 0 Å². The van der Waals surface area contributed by atoms with Gasteiger partial charge in [-0.05, 0) is 43.3 Å². The highest BCUT2D eigenvalue weighted by atomic mass is 32.2. The molecule has 1 aliphatic heterocycles. The van der Waals surface area contributed by atoms with Crippen LogP contribution in [-0.2, 0) is 11.3 Å². The zero-order valence-electron chi connectivity index (χ0n) is 16.8. The number of hydrogen-bond acceptors (Lipinski definition) is 6. The molecule has 0 radical (unpaired) electrons. The third-order valence-electron chi connectivity index (χ3n) is 4.89. The maximum absolute atomic E-state index is 12.7. The quantitative estimate of drug-likeness (QED) is 0.290. The number of nitro groups is 1. The molecule has 156 valence electrons. The Balaban J connectivity index is 1.55. The largest absolute Gasteiger partial charge is 0.457 e. The smallest absolute Gasteiger partial charge is 0.293 e. The number of benzene rings is 2. The van der Waals surface area contributed by atoms with Gasteiger partial charge in [0, 0.05) is 23.3 Å². The first-order valence-electron chi connectivity index (χ1n) is 9.48. The molecule has 4 rings (SSSR count). The summed E-state index contributed by atoms with van der Waals surface area (Å²) < 4.78 is 5.76. The summed E-state index contributed by atoms with van der Waals surface area (Å²) in [6.07, 6.45) is 1.52. The zero-order valence-corrected chi connectivity index (χ0v) is 17.6. The molecule has 1 saturated heterocycles. The van der Waals surface area contributed by atoms with Crippen molar-refractivity contribution in [2.45, 2.75) is 20.4 Å². The molecule has 0 unspecified atom stereocenters. The van der Waals surface area contributed by atoms with Crippen LogP contribution in [0.5, 0.6) is 0 Å². The molecule has 0 spiro atoms. The molecule has 7 nitrogen and oxygen atoms in total. The van der Waals surface area contributed by atoms with Crippen LogP contribution >= 0.6 is 11.8 Å². The molecule has 0 saturated carbocycles. The lowest BCUT2D eigenvalue weighted by Gasteiger charge is -2.12. The number of furan rings is 1. The van der Waals surface area contributed by atoms with E-state index in [1.807, 2.05) is 31.2 Å². The Morgan fingerprint density at radius 3 is 2.65 bits per heavy atom. The highest BCUT2D eigenvalue weighted by Gasteiger charge is 2.35. The summed E-state index contributed by atoms with van der Waals surface area (Å²) in [5, 5.41) is 10.8. The average Bonchev–Trinajstić information content (AvgIpc) is 3.29. The minimum atomic E-state index is -0.438. The maximum atomic E-state index is 12.7. The van der Waals surface area contributed by atoms with Crippen LogP contribution in [0.2, 0.25) is 0 Å². The third-order valence-corrected chi connectivity index (χ3v) is 5.79. The van der Waals surface area contributed by atoms with E-state index in [0.717, 1.165) is 22.9 Å². The van der Waals surface area contributed by atoms with E-state index in [-0.39, 0.29) is 28.3 Å². The summed E-state index contributed by atoms with van der Waals surface area (Å²) in [5.41, 5.74) is 3.06. The fourth-order valence-electron chi connectivity index (χ4n) is 3.30. The molecule has 2 heterocycles. The van der Waals surface area contributed by atoms with Crippen molar-refractivity contribution in [3.63, 3.8) is 0 Å². The van der Waals surface area contributed by atoms with Crippen molar-refractivity contribution < 1.29 is 18.9 Å². The minimum absolute atomic E-state index is 0.00715. The second-order valence-electron chi connectivity index (χ2n) is 7.22. The number of imide groups is 1. The molecule has 0 bridgehead atoms. The summed E-state index contributed by atoms with van der Waals surface area (Å²) >= 11 is 0.863. The van der Waals surface area contributed by atoms with Crippen molar-refractivity contribution in [3.05, 3.63) is 92.1 Å². The van der Waals surface area contributed by atoms with Gasteiger partial charge in [0.25, 0.3) is 16.8 Å². The number of aryl methyl sites for hydroxylation is 2. The number of hydrogen-bond donors (Lipinski definition) is 0. The van der Waals surface area contributed by atoms with Gasteiger partial charge in [-0.25, -0.2) is 0 Å². The minimum Gasteiger partial charge on any atom is -0.457 e. The van der Waals surface area contributed by atoms with Crippen molar-refractivity contribution in [1.29, 1.82) is 0 Å². The van der Waals surface area contributed by atoms with Gasteiger partial charge in [-0.2, -0.15) is 0 Å². The van der Waals surface area contributed by atoms with Crippen molar-refractivity contribution in [1.82, 2.24) is 4.90 Å². The Kier molecular flexibility index (Phi) is 5.48. The average molecular weight is 434 g/mol. The van der Waals surface area contributed by atoms with Gasteiger partial charge >= 0.3 is 0 Å². The van der Waals surface area contributed by atoms with E-state index in [0.29, 0.717) is 22.6 Å². The van der Waals surface area contributed by atoms with E-state index in [1.54, 1.807) is 31.2 Å². The van der Waals surface area contributed by atoms with Gasteiger partial charge in [0.15, 0.2) is 0 Å². The van der Waals surface area contributed by atoms with Crippen LogP contribution in [-0.4, -0.2) is 21.0 Å². The van der Waals surface area contributed by atoms with E-state index in [2.05, 4.69) is 0 Å². The first kappa shape index (κ1) is 20.6. The summed E-state index contributed by atoms with van der Waals surface area (Å²) in [6, 6.07) is 15.8. The molecule has 2 aromatic carbocycles. The lowest BCUT2D eigenvalue weighted by atomic mass is 10.1. The van der Waals surface area contributed by atoms with Crippen molar-refractivity contribution in [2.75, 3.05) is 0 Å². The topological polar surface area (TPSA) is 93.7 Å². The molecule has 0 N–H and O–H groups in total.